The summed E-state index contributed by atoms with van der Waals surface area (Å²) in [6, 6.07) is 7.20. The van der Waals surface area contributed by atoms with Gasteiger partial charge in [-0.15, -0.1) is 0 Å². The van der Waals surface area contributed by atoms with Crippen molar-refractivity contribution < 1.29 is 19.5 Å². The number of amides is 2. The molecule has 0 aliphatic carbocycles. The van der Waals surface area contributed by atoms with E-state index in [1.54, 1.807) is 19.2 Å². The highest BCUT2D eigenvalue weighted by Crippen LogP contribution is 2.08. The van der Waals surface area contributed by atoms with Crippen molar-refractivity contribution in [3.8, 4) is 0 Å². The van der Waals surface area contributed by atoms with Gasteiger partial charge >= 0.3 is 5.97 Å². The Balaban J connectivity index is 2.56. The molecule has 0 bridgehead atoms. The molecule has 1 rings (SSSR count). The first-order valence-electron chi connectivity index (χ1n) is 6.37. The summed E-state index contributed by atoms with van der Waals surface area (Å²) in [5.74, 6) is -1.42. The summed E-state index contributed by atoms with van der Waals surface area (Å²) in [5.41, 5.74) is 1.69. The minimum Gasteiger partial charge on any atom is -0.478 e. The number of carboxylic acid groups (broad SMARTS) is 1. The van der Waals surface area contributed by atoms with Crippen LogP contribution in [0, 0.1) is 0 Å². The Bertz CT molecular complexity index is 549. The van der Waals surface area contributed by atoms with Gasteiger partial charge in [0.1, 0.15) is 0 Å². The van der Waals surface area contributed by atoms with Crippen molar-refractivity contribution in [2.24, 2.45) is 0 Å². The smallest absolute Gasteiger partial charge is 0.328 e. The number of benzene rings is 1. The van der Waals surface area contributed by atoms with E-state index in [0.717, 1.165) is 17.2 Å². The number of hydrogen-bond donors (Lipinski definition) is 2. The van der Waals surface area contributed by atoms with E-state index >= 15 is 0 Å². The predicted molar refractivity (Wildman–Crippen MR) is 78.3 cm³/mol. The van der Waals surface area contributed by atoms with E-state index < -0.39 is 5.97 Å². The van der Waals surface area contributed by atoms with E-state index in [0.29, 0.717) is 6.54 Å². The van der Waals surface area contributed by atoms with Crippen LogP contribution in [0.15, 0.2) is 30.3 Å². The van der Waals surface area contributed by atoms with Gasteiger partial charge in [0.2, 0.25) is 11.8 Å². The zero-order valence-corrected chi connectivity index (χ0v) is 12.0. The van der Waals surface area contributed by atoms with Gasteiger partial charge in [-0.3, -0.25) is 9.59 Å². The molecule has 2 amide bonds. The van der Waals surface area contributed by atoms with Crippen LogP contribution < -0.4 is 5.32 Å². The van der Waals surface area contributed by atoms with Crippen molar-refractivity contribution in [2.75, 3.05) is 13.6 Å². The van der Waals surface area contributed by atoms with Crippen LogP contribution in [0.1, 0.15) is 18.1 Å². The van der Waals surface area contributed by atoms with Crippen molar-refractivity contribution in [2.45, 2.75) is 13.5 Å². The highest BCUT2D eigenvalue weighted by molar-refractivity contribution is 5.85. The molecule has 1 aromatic carbocycles. The van der Waals surface area contributed by atoms with Gasteiger partial charge in [-0.2, -0.15) is 0 Å². The Morgan fingerprint density at radius 3 is 2.38 bits per heavy atom. The number of hydrogen-bond acceptors (Lipinski definition) is 3. The fourth-order valence-corrected chi connectivity index (χ4v) is 1.60. The maximum Gasteiger partial charge on any atom is 0.328 e. The first kappa shape index (κ1) is 16.4. The van der Waals surface area contributed by atoms with E-state index in [1.165, 1.54) is 17.9 Å². The average Bonchev–Trinajstić information content (AvgIpc) is 2.43. The first-order chi connectivity index (χ1) is 9.88. The molecule has 0 aromatic heterocycles. The van der Waals surface area contributed by atoms with Crippen LogP contribution in [0.3, 0.4) is 0 Å². The molecule has 21 heavy (non-hydrogen) atoms. The monoisotopic (exact) mass is 290 g/mol. The van der Waals surface area contributed by atoms with Crippen LogP contribution in [-0.2, 0) is 20.9 Å². The van der Waals surface area contributed by atoms with Crippen molar-refractivity contribution in [3.63, 3.8) is 0 Å². The number of carbonyl (C=O) groups is 3. The van der Waals surface area contributed by atoms with E-state index in [1.807, 2.05) is 12.1 Å². The number of aliphatic carboxylic acids is 1. The van der Waals surface area contributed by atoms with Gasteiger partial charge in [0, 0.05) is 26.6 Å². The van der Waals surface area contributed by atoms with Crippen molar-refractivity contribution in [1.82, 2.24) is 10.2 Å². The van der Waals surface area contributed by atoms with Crippen molar-refractivity contribution in [3.05, 3.63) is 41.5 Å². The zero-order chi connectivity index (χ0) is 15.8. The summed E-state index contributed by atoms with van der Waals surface area (Å²) in [6.45, 7) is 1.75. The molecule has 0 atom stereocenters. The maximum absolute atomic E-state index is 11.7. The molecule has 0 aliphatic heterocycles. The summed E-state index contributed by atoms with van der Waals surface area (Å²) < 4.78 is 0. The normalized spacial score (nSPS) is 10.4. The predicted octanol–water partition coefficient (Wildman–Crippen LogP) is 0.879. The Labute approximate surface area is 123 Å². The van der Waals surface area contributed by atoms with Crippen LogP contribution in [-0.4, -0.2) is 41.4 Å². The summed E-state index contributed by atoms with van der Waals surface area (Å²) in [5, 5.41) is 11.0. The van der Waals surface area contributed by atoms with E-state index in [-0.39, 0.29) is 18.4 Å². The fraction of sp³-hybridized carbons (Fsp3) is 0.267. The largest absolute Gasteiger partial charge is 0.478 e. The first-order valence-corrected chi connectivity index (χ1v) is 6.37. The molecule has 1 aromatic rings. The van der Waals surface area contributed by atoms with E-state index in [2.05, 4.69) is 5.32 Å². The Morgan fingerprint density at radius 2 is 1.86 bits per heavy atom. The Kier molecular flexibility index (Phi) is 6.13. The molecule has 112 valence electrons. The molecule has 0 unspecified atom stereocenters. The minimum absolute atomic E-state index is 0.0226. The highest BCUT2D eigenvalue weighted by Gasteiger charge is 2.09. The number of carbonyl (C=O) groups excluding carboxylic acids is 2. The third-order valence-electron chi connectivity index (χ3n) is 2.73. The van der Waals surface area contributed by atoms with Gasteiger partial charge in [-0.05, 0) is 17.2 Å². The van der Waals surface area contributed by atoms with Gasteiger partial charge in [0.15, 0.2) is 0 Å². The van der Waals surface area contributed by atoms with E-state index in [4.69, 9.17) is 5.11 Å². The average molecular weight is 290 g/mol. The third-order valence-corrected chi connectivity index (χ3v) is 2.73. The molecule has 0 spiro atoms. The van der Waals surface area contributed by atoms with Gasteiger partial charge in [-0.1, -0.05) is 24.3 Å². The third kappa shape index (κ3) is 6.38. The van der Waals surface area contributed by atoms with Crippen LogP contribution in [0.2, 0.25) is 0 Å². The van der Waals surface area contributed by atoms with Crippen LogP contribution in [0.4, 0.5) is 0 Å². The highest BCUT2D eigenvalue weighted by atomic mass is 16.4. The summed E-state index contributed by atoms with van der Waals surface area (Å²) in [7, 11) is 1.66. The van der Waals surface area contributed by atoms with Crippen LogP contribution >= 0.6 is 0 Å². The fourth-order valence-electron chi connectivity index (χ4n) is 1.60. The van der Waals surface area contributed by atoms with Crippen LogP contribution in [0.25, 0.3) is 6.08 Å². The van der Waals surface area contributed by atoms with Gasteiger partial charge in [0.05, 0.1) is 6.54 Å². The number of rotatable bonds is 6. The second-order valence-corrected chi connectivity index (χ2v) is 4.57. The van der Waals surface area contributed by atoms with E-state index in [9.17, 15) is 14.4 Å². The molecule has 0 saturated heterocycles. The Hall–Kier alpha value is -2.63. The molecule has 0 saturated carbocycles. The summed E-state index contributed by atoms with van der Waals surface area (Å²) in [4.78, 5) is 34.4. The molecule has 6 nitrogen and oxygen atoms in total. The number of carboxylic acids is 1. The minimum atomic E-state index is -0.998. The lowest BCUT2D eigenvalue weighted by atomic mass is 10.1. The molecular weight excluding hydrogens is 272 g/mol. The van der Waals surface area contributed by atoms with Gasteiger partial charge in [-0.25, -0.2) is 4.79 Å². The molecule has 0 radical (unpaired) electrons. The quantitative estimate of drug-likeness (QED) is 0.761. The SMILES string of the molecule is CC(=O)NCC(=O)N(C)Cc1ccc(C=CC(=O)O)cc1. The van der Waals surface area contributed by atoms with Crippen molar-refractivity contribution >= 4 is 23.9 Å². The number of likely N-dealkylation sites (N-methyl/N-ethyl adjacent to an activating group) is 1. The second-order valence-electron chi connectivity index (χ2n) is 4.57. The molecule has 6 heteroatoms. The van der Waals surface area contributed by atoms with Gasteiger partial charge in [0.25, 0.3) is 0 Å². The van der Waals surface area contributed by atoms with Crippen molar-refractivity contribution in [1.29, 1.82) is 0 Å². The lowest BCUT2D eigenvalue weighted by Gasteiger charge is -2.17. The zero-order valence-electron chi connectivity index (χ0n) is 12.0. The number of nitrogens with one attached hydrogen (secondary N) is 1. The lowest BCUT2D eigenvalue weighted by Crippen LogP contribution is -2.36. The molecule has 0 fully saturated rings. The summed E-state index contributed by atoms with van der Waals surface area (Å²) in [6.07, 6.45) is 2.57. The van der Waals surface area contributed by atoms with Crippen LogP contribution in [0.5, 0.6) is 0 Å². The molecular formula is C15H18N2O4. The summed E-state index contributed by atoms with van der Waals surface area (Å²) >= 11 is 0. The lowest BCUT2D eigenvalue weighted by molar-refractivity contribution is -0.132. The molecule has 0 aliphatic rings. The van der Waals surface area contributed by atoms with Gasteiger partial charge < -0.3 is 15.3 Å². The maximum atomic E-state index is 11.7. The topological polar surface area (TPSA) is 86.7 Å². The standard InChI is InChI=1S/C15H18N2O4/c1-11(18)16-9-14(19)17(2)10-13-5-3-12(4-6-13)7-8-15(20)21/h3-8H,9-10H2,1-2H3,(H,16,18)(H,20,21). The second kappa shape index (κ2) is 7.84. The molecule has 0 heterocycles. The molecule has 2 N–H and O–H groups in total. The Morgan fingerprint density at radius 1 is 1.24 bits per heavy atom. The number of nitrogens with zero attached hydrogens (tertiary/aromatic N) is 1.